The lowest BCUT2D eigenvalue weighted by Crippen LogP contribution is -2.42. The molecule has 4 aliphatic carbocycles. The summed E-state index contributed by atoms with van der Waals surface area (Å²) in [4.78, 5) is 67.6. The van der Waals surface area contributed by atoms with Gasteiger partial charge in [-0.05, 0) is 149 Å². The highest BCUT2D eigenvalue weighted by Crippen LogP contribution is 2.57. The van der Waals surface area contributed by atoms with Crippen molar-refractivity contribution in [1.82, 2.24) is 0 Å². The quantitative estimate of drug-likeness (QED) is 0.0375. The third kappa shape index (κ3) is 10.7. The van der Waals surface area contributed by atoms with E-state index in [4.69, 9.17) is 18.9 Å². The molecule has 86 heavy (non-hydrogen) atoms. The van der Waals surface area contributed by atoms with Crippen molar-refractivity contribution < 1.29 is 38.1 Å². The number of ether oxygens (including phenoxy) is 4. The van der Waals surface area contributed by atoms with Crippen LogP contribution in [0.3, 0.4) is 0 Å². The Morgan fingerprint density at radius 3 is 0.779 bits per heavy atom. The van der Waals surface area contributed by atoms with Gasteiger partial charge in [-0.25, -0.2) is 9.80 Å². The SMILES string of the molecule is CCOc1cc2c3c(cc(OCC)c4c5c(OCC)cc6c7c(cc(OCC)c(c1c34)c75)C(=O)N(c1c(CCC3CCCCC3)cccc1CCC1CCCCC1)C6=O)C(=O)N(c1c(CCC3CCCCC3)cccc1CCC1CCCCC1)C2=O. The van der Waals surface area contributed by atoms with E-state index in [1.54, 1.807) is 0 Å². The van der Waals surface area contributed by atoms with Crippen molar-refractivity contribution in [3.05, 3.63) is 105 Å². The lowest BCUT2D eigenvalue weighted by Gasteiger charge is -2.34. The van der Waals surface area contributed by atoms with Crippen LogP contribution in [0.5, 0.6) is 23.0 Å². The van der Waals surface area contributed by atoms with Crippen LogP contribution in [0.1, 0.15) is 245 Å². The third-order valence-electron chi connectivity index (χ3n) is 21.1. The highest BCUT2D eigenvalue weighted by molar-refractivity contribution is 6.48. The fourth-order valence-electron chi connectivity index (χ4n) is 17.0. The molecule has 10 nitrogen and oxygen atoms in total. The van der Waals surface area contributed by atoms with Crippen molar-refractivity contribution in [1.29, 1.82) is 0 Å². The van der Waals surface area contributed by atoms with E-state index in [0.717, 1.165) is 85.0 Å². The van der Waals surface area contributed by atoms with Gasteiger partial charge in [0.25, 0.3) is 23.6 Å². The van der Waals surface area contributed by atoms with Gasteiger partial charge in [0.05, 0.1) is 60.1 Å². The number of aryl methyl sites for hydroxylation is 4. The van der Waals surface area contributed by atoms with Crippen molar-refractivity contribution in [2.45, 2.75) is 207 Å². The molecule has 2 aliphatic heterocycles. The van der Waals surface area contributed by atoms with Gasteiger partial charge in [0, 0.05) is 43.1 Å². The molecular formula is C76H90N2O8. The van der Waals surface area contributed by atoms with Gasteiger partial charge < -0.3 is 18.9 Å². The molecule has 7 aromatic rings. The maximum atomic E-state index is 16.1. The van der Waals surface area contributed by atoms with Gasteiger partial charge in [-0.2, -0.15) is 0 Å². The molecule has 2 heterocycles. The Kier molecular flexibility index (Phi) is 17.3. The summed E-state index contributed by atoms with van der Waals surface area (Å²) >= 11 is 0. The van der Waals surface area contributed by atoms with Crippen molar-refractivity contribution in [2.75, 3.05) is 36.2 Å². The number of rotatable bonds is 22. The van der Waals surface area contributed by atoms with E-state index < -0.39 is 0 Å². The van der Waals surface area contributed by atoms with Crippen molar-refractivity contribution in [3.8, 4) is 23.0 Å². The van der Waals surface area contributed by atoms with Gasteiger partial charge in [-0.3, -0.25) is 19.2 Å². The smallest absolute Gasteiger partial charge is 0.266 e. The molecule has 13 rings (SSSR count). The zero-order valence-electron chi connectivity index (χ0n) is 51.9. The van der Waals surface area contributed by atoms with Gasteiger partial charge >= 0.3 is 0 Å². The first-order valence-electron chi connectivity index (χ1n) is 34.1. The van der Waals surface area contributed by atoms with E-state index in [9.17, 15) is 0 Å². The Morgan fingerprint density at radius 2 is 0.558 bits per heavy atom. The first kappa shape index (κ1) is 58.3. The zero-order valence-corrected chi connectivity index (χ0v) is 51.9. The maximum absolute atomic E-state index is 16.1. The van der Waals surface area contributed by atoms with Crippen LogP contribution < -0.4 is 28.7 Å². The lowest BCUT2D eigenvalue weighted by atomic mass is 9.80. The van der Waals surface area contributed by atoms with E-state index in [1.165, 1.54) is 138 Å². The van der Waals surface area contributed by atoms with Crippen LogP contribution in [-0.4, -0.2) is 50.1 Å². The summed E-state index contributed by atoms with van der Waals surface area (Å²) in [6.45, 7) is 8.85. The highest BCUT2D eigenvalue weighted by Gasteiger charge is 2.44. The zero-order chi connectivity index (χ0) is 59.0. The Bertz CT molecular complexity index is 3240. The minimum Gasteiger partial charge on any atom is -0.493 e. The van der Waals surface area contributed by atoms with Crippen molar-refractivity contribution in [2.24, 2.45) is 23.7 Å². The second kappa shape index (κ2) is 25.6. The number of benzene rings is 7. The summed E-state index contributed by atoms with van der Waals surface area (Å²) in [5.74, 6) is 2.71. The second-order valence-electron chi connectivity index (χ2n) is 26.3. The summed E-state index contributed by atoms with van der Waals surface area (Å²) in [7, 11) is 0. The molecule has 0 bridgehead atoms. The number of hydrogen-bond donors (Lipinski definition) is 0. The second-order valence-corrected chi connectivity index (χ2v) is 26.3. The van der Waals surface area contributed by atoms with Gasteiger partial charge in [0.1, 0.15) is 23.0 Å². The number of carbonyl (C=O) groups excluding carboxylic acids is 4. The molecule has 0 aromatic heterocycles. The number of imide groups is 2. The summed E-state index contributed by atoms with van der Waals surface area (Å²) in [6, 6.07) is 20.3. The van der Waals surface area contributed by atoms with Gasteiger partial charge in [-0.15, -0.1) is 0 Å². The number of anilines is 2. The topological polar surface area (TPSA) is 112 Å². The Hall–Kier alpha value is -6.68. The normalized spacial score (nSPS) is 18.4. The van der Waals surface area contributed by atoms with E-state index in [2.05, 4.69) is 36.4 Å². The summed E-state index contributed by atoms with van der Waals surface area (Å²) < 4.78 is 27.3. The molecule has 4 fully saturated rings. The average Bonchev–Trinajstić information content (AvgIpc) is 0.757. The van der Waals surface area contributed by atoms with Gasteiger partial charge in [0.15, 0.2) is 0 Å². The standard InChI is InChI=1S/C76H90N2O8/c1-5-83-59-43-55-63-56(74(80)77(73(55)79)71-51(39-35-47-23-13-9-14-24-47)31-21-32-52(71)40-36-48-25-15-10-16-26-48)45-61(85-7-3)67-68-62(86-8-4)46-58-64-57(44-60(84-6-2)66(70(64)68)65(59)69(63)67)75(81)78(76(58)82)72-53(41-37-49-27-17-11-18-28-49)33-22-34-54(72)42-38-50-29-19-12-20-30-50/h21-22,31-34,43-50H,5-20,23-30,35-42H2,1-4H3. The molecule has 10 heteroatoms. The first-order chi connectivity index (χ1) is 42.2. The van der Waals surface area contributed by atoms with E-state index in [1.807, 2.05) is 52.0 Å². The monoisotopic (exact) mass is 1160 g/mol. The molecule has 0 saturated heterocycles. The lowest BCUT2D eigenvalue weighted by molar-refractivity contribution is 0.0876. The van der Waals surface area contributed by atoms with Crippen molar-refractivity contribution in [3.63, 3.8) is 0 Å². The molecule has 0 spiro atoms. The number of amides is 4. The van der Waals surface area contributed by atoms with Crippen LogP contribution in [0.25, 0.3) is 43.1 Å². The molecule has 4 saturated carbocycles. The molecule has 6 aliphatic rings. The molecule has 0 unspecified atom stereocenters. The van der Waals surface area contributed by atoms with Crippen LogP contribution in [-0.2, 0) is 25.7 Å². The summed E-state index contributed by atoms with van der Waals surface area (Å²) in [5, 5.41) is 4.79. The molecule has 7 aromatic carbocycles. The molecule has 0 N–H and O–H groups in total. The first-order valence-corrected chi connectivity index (χ1v) is 34.1. The number of nitrogens with zero attached hydrogens (tertiary/aromatic N) is 2. The minimum absolute atomic E-state index is 0.273. The molecule has 452 valence electrons. The number of para-hydroxylation sites is 2. The van der Waals surface area contributed by atoms with Crippen LogP contribution in [0.2, 0.25) is 0 Å². The average molecular weight is 1160 g/mol. The molecule has 4 amide bonds. The molecular weight excluding hydrogens is 1070 g/mol. The van der Waals surface area contributed by atoms with E-state index >= 15 is 19.2 Å². The van der Waals surface area contributed by atoms with Crippen LogP contribution in [0, 0.1) is 23.7 Å². The van der Waals surface area contributed by atoms with Crippen molar-refractivity contribution >= 4 is 78.1 Å². The number of carbonyl (C=O) groups is 4. The molecule has 0 atom stereocenters. The summed E-state index contributed by atoms with van der Waals surface area (Å²) in [5.41, 5.74) is 7.13. The number of fused-ring (bicyclic) bond motifs is 2. The van der Waals surface area contributed by atoms with Gasteiger partial charge in [0.2, 0.25) is 0 Å². The maximum Gasteiger partial charge on any atom is 0.266 e. The molecule has 0 radical (unpaired) electrons. The Morgan fingerprint density at radius 1 is 0.326 bits per heavy atom. The van der Waals surface area contributed by atoms with Gasteiger partial charge in [-0.1, -0.05) is 165 Å². The fraction of sp³-hybridized carbons (Fsp3) is 0.526. The minimum atomic E-state index is -0.381. The van der Waals surface area contributed by atoms with Crippen LogP contribution in [0.4, 0.5) is 11.4 Å². The largest absolute Gasteiger partial charge is 0.493 e. The van der Waals surface area contributed by atoms with E-state index in [0.29, 0.717) is 112 Å². The summed E-state index contributed by atoms with van der Waals surface area (Å²) in [6.07, 6.45) is 32.1. The number of hydrogen-bond acceptors (Lipinski definition) is 8. The Balaban J connectivity index is 1.02. The van der Waals surface area contributed by atoms with Crippen LogP contribution in [0.15, 0.2) is 60.7 Å². The highest BCUT2D eigenvalue weighted by atomic mass is 16.5. The third-order valence-corrected chi connectivity index (χ3v) is 21.1. The fourth-order valence-corrected chi connectivity index (χ4v) is 17.0. The van der Waals surface area contributed by atoms with Crippen LogP contribution >= 0.6 is 0 Å². The Labute approximate surface area is 509 Å². The predicted molar refractivity (Wildman–Crippen MR) is 347 cm³/mol. The van der Waals surface area contributed by atoms with E-state index in [-0.39, 0.29) is 50.1 Å². The predicted octanol–water partition coefficient (Wildman–Crippen LogP) is 19.0.